The molecule has 1 aliphatic rings. The number of urea groups is 1. The summed E-state index contributed by atoms with van der Waals surface area (Å²) in [6.07, 6.45) is 6.03. The first kappa shape index (κ1) is 18.7. The number of amides is 2. The summed E-state index contributed by atoms with van der Waals surface area (Å²) in [4.78, 5) is 32.8. The second-order valence-corrected chi connectivity index (χ2v) is 7.32. The average molecular weight is 390 g/mol. The molecule has 0 aliphatic carbocycles. The van der Waals surface area contributed by atoms with E-state index in [0.717, 1.165) is 17.5 Å². The van der Waals surface area contributed by atoms with Crippen LogP contribution in [0, 0.1) is 17.2 Å². The fourth-order valence-corrected chi connectivity index (χ4v) is 3.62. The molecule has 0 spiro atoms. The Kier molecular flexibility index (Phi) is 4.99. The van der Waals surface area contributed by atoms with Gasteiger partial charge in [-0.2, -0.15) is 10.2 Å². The molecular formula is C20H22N8O. The number of rotatable bonds is 3. The third-order valence-electron chi connectivity index (χ3n) is 5.44. The minimum Gasteiger partial charge on any atom is -0.346 e. The molecule has 1 saturated heterocycles. The number of aromatic amines is 1. The van der Waals surface area contributed by atoms with Crippen LogP contribution in [0.25, 0.3) is 11.0 Å². The van der Waals surface area contributed by atoms with Gasteiger partial charge in [0.15, 0.2) is 0 Å². The topological polar surface area (TPSA) is 114 Å². The summed E-state index contributed by atoms with van der Waals surface area (Å²) in [5.41, 5.74) is 1.68. The Morgan fingerprint density at radius 2 is 2.21 bits per heavy atom. The van der Waals surface area contributed by atoms with Crippen molar-refractivity contribution >= 4 is 28.7 Å². The van der Waals surface area contributed by atoms with Crippen molar-refractivity contribution < 1.29 is 4.79 Å². The molecular weight excluding hydrogens is 368 g/mol. The molecule has 4 rings (SSSR count). The molecule has 0 radical (unpaired) electrons. The number of likely N-dealkylation sites (N-methyl/N-ethyl adjacent to an activating group) is 1. The average Bonchev–Trinajstić information content (AvgIpc) is 3.22. The van der Waals surface area contributed by atoms with Gasteiger partial charge in [-0.25, -0.2) is 14.8 Å². The molecule has 148 valence electrons. The third-order valence-corrected chi connectivity index (χ3v) is 5.44. The van der Waals surface area contributed by atoms with E-state index in [9.17, 15) is 4.79 Å². The Balaban J connectivity index is 1.46. The van der Waals surface area contributed by atoms with Gasteiger partial charge in [0, 0.05) is 37.9 Å². The number of anilines is 2. The lowest BCUT2D eigenvalue weighted by atomic mass is 9.92. The summed E-state index contributed by atoms with van der Waals surface area (Å²) >= 11 is 0. The maximum atomic E-state index is 12.7. The molecule has 2 N–H and O–H groups in total. The molecule has 0 bridgehead atoms. The monoisotopic (exact) mass is 390 g/mol. The Hall–Kier alpha value is -3.67. The molecule has 3 aromatic rings. The van der Waals surface area contributed by atoms with Crippen molar-refractivity contribution in [2.45, 2.75) is 19.4 Å². The van der Waals surface area contributed by atoms with Crippen molar-refractivity contribution in [3.05, 3.63) is 42.5 Å². The van der Waals surface area contributed by atoms with Crippen LogP contribution in [-0.2, 0) is 0 Å². The highest BCUT2D eigenvalue weighted by atomic mass is 16.2. The van der Waals surface area contributed by atoms with Crippen LogP contribution in [-0.4, -0.2) is 57.0 Å². The lowest BCUT2D eigenvalue weighted by Gasteiger charge is -2.41. The number of pyridine rings is 1. The van der Waals surface area contributed by atoms with Gasteiger partial charge in [0.1, 0.15) is 17.4 Å². The van der Waals surface area contributed by atoms with Crippen LogP contribution in [0.3, 0.4) is 0 Å². The van der Waals surface area contributed by atoms with Crippen LogP contribution < -0.4 is 10.2 Å². The van der Waals surface area contributed by atoms with E-state index in [0.29, 0.717) is 36.3 Å². The Morgan fingerprint density at radius 3 is 2.97 bits per heavy atom. The highest BCUT2D eigenvalue weighted by Gasteiger charge is 2.32. The van der Waals surface area contributed by atoms with E-state index in [2.05, 4.69) is 32.2 Å². The molecule has 29 heavy (non-hydrogen) atoms. The maximum Gasteiger partial charge on any atom is 0.321 e. The van der Waals surface area contributed by atoms with Gasteiger partial charge in [0.05, 0.1) is 17.9 Å². The summed E-state index contributed by atoms with van der Waals surface area (Å²) < 4.78 is 0. The summed E-state index contributed by atoms with van der Waals surface area (Å²) in [6.45, 7) is 3.44. The van der Waals surface area contributed by atoms with Crippen molar-refractivity contribution in [2.75, 3.05) is 30.4 Å². The zero-order valence-electron chi connectivity index (χ0n) is 16.3. The number of carbonyl (C=O) groups is 1. The molecule has 2 unspecified atom stereocenters. The number of piperidine rings is 1. The van der Waals surface area contributed by atoms with Crippen LogP contribution >= 0.6 is 0 Å². The lowest BCUT2D eigenvalue weighted by molar-refractivity contribution is 0.172. The van der Waals surface area contributed by atoms with Crippen LogP contribution in [0.1, 0.15) is 19.0 Å². The quantitative estimate of drug-likeness (QED) is 0.711. The molecule has 2 atom stereocenters. The van der Waals surface area contributed by atoms with Gasteiger partial charge in [-0.05, 0) is 30.5 Å². The Bertz CT molecular complexity index is 1050. The number of aromatic nitrogens is 4. The fraction of sp³-hybridized carbons (Fsp3) is 0.350. The first-order valence-electron chi connectivity index (χ1n) is 9.50. The number of likely N-dealkylation sites (tertiary alicyclic amines) is 1. The largest absolute Gasteiger partial charge is 0.346 e. The van der Waals surface area contributed by atoms with Gasteiger partial charge < -0.3 is 20.1 Å². The minimum atomic E-state index is -0.178. The van der Waals surface area contributed by atoms with Crippen LogP contribution in [0.5, 0.6) is 0 Å². The summed E-state index contributed by atoms with van der Waals surface area (Å²) in [7, 11) is 1.97. The summed E-state index contributed by atoms with van der Waals surface area (Å²) in [5, 5.41) is 12.7. The van der Waals surface area contributed by atoms with E-state index in [1.165, 1.54) is 6.20 Å². The predicted octanol–water partition coefficient (Wildman–Crippen LogP) is 2.60. The van der Waals surface area contributed by atoms with Crippen LogP contribution in [0.15, 0.2) is 36.8 Å². The molecule has 3 aromatic heterocycles. The van der Waals surface area contributed by atoms with Gasteiger partial charge in [0.25, 0.3) is 0 Å². The van der Waals surface area contributed by atoms with E-state index in [-0.39, 0.29) is 12.1 Å². The summed E-state index contributed by atoms with van der Waals surface area (Å²) in [5.74, 6) is 1.03. The third kappa shape index (κ3) is 3.82. The van der Waals surface area contributed by atoms with Crippen molar-refractivity contribution in [3.8, 4) is 6.07 Å². The van der Waals surface area contributed by atoms with Crippen molar-refractivity contribution in [2.24, 2.45) is 5.92 Å². The number of nitrogens with one attached hydrogen (secondary N) is 2. The highest BCUT2D eigenvalue weighted by molar-refractivity contribution is 5.89. The van der Waals surface area contributed by atoms with E-state index < -0.39 is 0 Å². The van der Waals surface area contributed by atoms with Crippen molar-refractivity contribution in [3.63, 3.8) is 0 Å². The minimum absolute atomic E-state index is 0.0982. The molecule has 9 nitrogen and oxygen atoms in total. The molecule has 0 saturated carbocycles. The van der Waals surface area contributed by atoms with E-state index in [4.69, 9.17) is 5.26 Å². The first-order valence-corrected chi connectivity index (χ1v) is 9.50. The number of carbonyl (C=O) groups excluding carboxylic acids is 1. The fourth-order valence-electron chi connectivity index (χ4n) is 3.62. The predicted molar refractivity (Wildman–Crippen MR) is 109 cm³/mol. The first-order chi connectivity index (χ1) is 14.0. The molecule has 0 aromatic carbocycles. The molecule has 2 amide bonds. The normalized spacial score (nSPS) is 19.0. The van der Waals surface area contributed by atoms with Gasteiger partial charge >= 0.3 is 6.03 Å². The van der Waals surface area contributed by atoms with Crippen LogP contribution in [0.4, 0.5) is 16.4 Å². The van der Waals surface area contributed by atoms with Crippen molar-refractivity contribution in [1.29, 1.82) is 5.26 Å². The van der Waals surface area contributed by atoms with Crippen LogP contribution in [0.2, 0.25) is 0 Å². The molecule has 4 heterocycles. The molecule has 9 heteroatoms. The Morgan fingerprint density at radius 1 is 1.34 bits per heavy atom. The van der Waals surface area contributed by atoms with Gasteiger partial charge in [-0.15, -0.1) is 0 Å². The SMILES string of the molecule is CC1CCN(C(=O)Nc2ccc(C#N)nc2)CC1N(C)c1ncc2cc[nH]c2n1. The number of H-pyrrole nitrogens is 1. The Labute approximate surface area is 168 Å². The number of nitrogens with zero attached hydrogens (tertiary/aromatic N) is 6. The van der Waals surface area contributed by atoms with Gasteiger partial charge in [0.2, 0.25) is 5.95 Å². The number of hydrogen-bond donors (Lipinski definition) is 2. The summed E-state index contributed by atoms with van der Waals surface area (Å²) in [6, 6.07) is 7.08. The van der Waals surface area contributed by atoms with E-state index in [1.54, 1.807) is 23.2 Å². The highest BCUT2D eigenvalue weighted by Crippen LogP contribution is 2.25. The standard InChI is InChI=1S/C20H22N8O/c1-13-6-8-28(20(29)25-16-4-3-15(9-21)23-11-16)12-17(13)27(2)19-24-10-14-5-7-22-18(14)26-19/h3-5,7,10-11,13,17H,6,8,12H2,1-2H3,(H,25,29)(H,22,24,26). The lowest BCUT2D eigenvalue weighted by Crippen LogP contribution is -2.53. The number of nitriles is 1. The molecule has 1 aliphatic heterocycles. The maximum absolute atomic E-state index is 12.7. The number of fused-ring (bicyclic) bond motifs is 1. The zero-order valence-corrected chi connectivity index (χ0v) is 16.3. The van der Waals surface area contributed by atoms with E-state index >= 15 is 0 Å². The van der Waals surface area contributed by atoms with Gasteiger partial charge in [-0.3, -0.25) is 0 Å². The second-order valence-electron chi connectivity index (χ2n) is 7.32. The van der Waals surface area contributed by atoms with Crippen molar-refractivity contribution in [1.82, 2.24) is 24.8 Å². The second kappa shape index (κ2) is 7.75. The molecule has 1 fully saturated rings. The smallest absolute Gasteiger partial charge is 0.321 e. The zero-order chi connectivity index (χ0) is 20.4. The van der Waals surface area contributed by atoms with Gasteiger partial charge in [-0.1, -0.05) is 6.92 Å². The van der Waals surface area contributed by atoms with E-state index in [1.807, 2.05) is 30.3 Å². The number of hydrogen-bond acceptors (Lipinski definition) is 6.